The zero-order valence-corrected chi connectivity index (χ0v) is 10.6. The van der Waals surface area contributed by atoms with Gasteiger partial charge in [-0.3, -0.25) is 4.98 Å². The van der Waals surface area contributed by atoms with Gasteiger partial charge in [0.15, 0.2) is 0 Å². The Kier molecular flexibility index (Phi) is 2.80. The first-order valence-electron chi connectivity index (χ1n) is 6.06. The summed E-state index contributed by atoms with van der Waals surface area (Å²) < 4.78 is 5.24. The lowest BCUT2D eigenvalue weighted by molar-refractivity contribution is 0.415. The molecule has 0 spiro atoms. The minimum Gasteiger partial charge on any atom is -0.497 e. The molecule has 3 nitrogen and oxygen atoms in total. The third kappa shape index (κ3) is 2.22. The summed E-state index contributed by atoms with van der Waals surface area (Å²) in [5.41, 5.74) is 9.64. The van der Waals surface area contributed by atoms with Crippen molar-refractivity contribution in [2.45, 2.75) is 0 Å². The van der Waals surface area contributed by atoms with Crippen molar-refractivity contribution in [2.75, 3.05) is 12.8 Å². The molecular formula is C16H14N2O. The number of methoxy groups -OCH3 is 1. The van der Waals surface area contributed by atoms with Gasteiger partial charge in [0.1, 0.15) is 5.75 Å². The van der Waals surface area contributed by atoms with Gasteiger partial charge in [0, 0.05) is 22.8 Å². The number of benzene rings is 2. The fourth-order valence-electron chi connectivity index (χ4n) is 2.11. The van der Waals surface area contributed by atoms with Crippen molar-refractivity contribution in [3.8, 4) is 16.9 Å². The van der Waals surface area contributed by atoms with Crippen LogP contribution in [0.3, 0.4) is 0 Å². The Morgan fingerprint density at radius 1 is 1.00 bits per heavy atom. The van der Waals surface area contributed by atoms with Crippen molar-refractivity contribution >= 4 is 16.6 Å². The van der Waals surface area contributed by atoms with E-state index in [2.05, 4.69) is 11.1 Å². The maximum atomic E-state index is 5.81. The predicted molar refractivity (Wildman–Crippen MR) is 78.1 cm³/mol. The van der Waals surface area contributed by atoms with Gasteiger partial charge in [-0.2, -0.15) is 0 Å². The Bertz CT molecular complexity index is 738. The van der Waals surface area contributed by atoms with Crippen molar-refractivity contribution in [3.05, 3.63) is 54.7 Å². The largest absolute Gasteiger partial charge is 0.497 e. The van der Waals surface area contributed by atoms with Crippen molar-refractivity contribution < 1.29 is 4.74 Å². The first-order chi connectivity index (χ1) is 9.26. The molecule has 0 atom stereocenters. The molecule has 94 valence electrons. The molecule has 0 unspecified atom stereocenters. The van der Waals surface area contributed by atoms with Gasteiger partial charge in [-0.15, -0.1) is 0 Å². The first kappa shape index (κ1) is 11.5. The molecule has 0 aliphatic heterocycles. The fraction of sp³-hybridized carbons (Fsp3) is 0.0625. The van der Waals surface area contributed by atoms with Crippen LogP contribution in [0.15, 0.2) is 54.7 Å². The normalized spacial score (nSPS) is 10.6. The maximum Gasteiger partial charge on any atom is 0.119 e. The van der Waals surface area contributed by atoms with Gasteiger partial charge in [0.25, 0.3) is 0 Å². The number of nitrogens with zero attached hydrogens (tertiary/aromatic N) is 1. The summed E-state index contributed by atoms with van der Waals surface area (Å²) in [6.07, 6.45) is 1.86. The lowest BCUT2D eigenvalue weighted by Crippen LogP contribution is -1.88. The molecule has 0 aliphatic rings. The molecule has 1 aromatic heterocycles. The highest BCUT2D eigenvalue weighted by atomic mass is 16.5. The molecule has 1 heterocycles. The summed E-state index contributed by atoms with van der Waals surface area (Å²) in [5, 5.41) is 1.05. The van der Waals surface area contributed by atoms with E-state index < -0.39 is 0 Å². The summed E-state index contributed by atoms with van der Waals surface area (Å²) in [6.45, 7) is 0. The van der Waals surface area contributed by atoms with Crippen LogP contribution in [0.2, 0.25) is 0 Å². The van der Waals surface area contributed by atoms with E-state index in [1.165, 1.54) is 0 Å². The molecule has 0 fully saturated rings. The van der Waals surface area contributed by atoms with Crippen LogP contribution in [-0.4, -0.2) is 12.1 Å². The second kappa shape index (κ2) is 4.61. The number of hydrogen-bond acceptors (Lipinski definition) is 3. The highest BCUT2D eigenvalue weighted by Crippen LogP contribution is 2.26. The number of fused-ring (bicyclic) bond motifs is 1. The van der Waals surface area contributed by atoms with Crippen LogP contribution >= 0.6 is 0 Å². The number of pyridine rings is 1. The van der Waals surface area contributed by atoms with Crippen LogP contribution in [-0.2, 0) is 0 Å². The van der Waals surface area contributed by atoms with Gasteiger partial charge in [0.05, 0.1) is 12.6 Å². The summed E-state index contributed by atoms with van der Waals surface area (Å²) in [7, 11) is 1.66. The van der Waals surface area contributed by atoms with Crippen LogP contribution in [0.5, 0.6) is 5.75 Å². The van der Waals surface area contributed by atoms with Crippen molar-refractivity contribution in [1.29, 1.82) is 0 Å². The lowest BCUT2D eigenvalue weighted by atomic mass is 10.0. The summed E-state index contributed by atoms with van der Waals surface area (Å²) >= 11 is 0. The molecule has 0 amide bonds. The second-order valence-corrected chi connectivity index (χ2v) is 4.41. The highest BCUT2D eigenvalue weighted by molar-refractivity contribution is 5.85. The van der Waals surface area contributed by atoms with Crippen LogP contribution in [0.1, 0.15) is 0 Å². The van der Waals surface area contributed by atoms with Crippen molar-refractivity contribution in [1.82, 2.24) is 4.98 Å². The Morgan fingerprint density at radius 2 is 1.89 bits per heavy atom. The number of rotatable bonds is 2. The maximum absolute atomic E-state index is 5.81. The van der Waals surface area contributed by atoms with Gasteiger partial charge in [-0.05, 0) is 42.0 Å². The molecule has 3 heteroatoms. The molecule has 0 radical (unpaired) electrons. The standard InChI is InChI=1S/C16H14N2O/c1-19-15-5-6-16-12(9-15)7-13(10-18-16)11-3-2-4-14(17)8-11/h2-10H,17H2,1H3. The van der Waals surface area contributed by atoms with E-state index in [9.17, 15) is 0 Å². The number of nitrogens with two attached hydrogens (primary N) is 1. The minimum atomic E-state index is 0.753. The topological polar surface area (TPSA) is 48.1 Å². The molecule has 0 aliphatic carbocycles. The minimum absolute atomic E-state index is 0.753. The summed E-state index contributed by atoms with van der Waals surface area (Å²) in [5.74, 6) is 0.832. The molecule has 2 N–H and O–H groups in total. The van der Waals surface area contributed by atoms with E-state index >= 15 is 0 Å². The van der Waals surface area contributed by atoms with Gasteiger partial charge in [-0.1, -0.05) is 12.1 Å². The molecule has 3 rings (SSSR count). The average Bonchev–Trinajstić information content (AvgIpc) is 2.46. The van der Waals surface area contributed by atoms with Gasteiger partial charge in [-0.25, -0.2) is 0 Å². The third-order valence-corrected chi connectivity index (χ3v) is 3.11. The smallest absolute Gasteiger partial charge is 0.119 e. The molecule has 0 saturated heterocycles. The second-order valence-electron chi connectivity index (χ2n) is 4.41. The molecular weight excluding hydrogens is 236 g/mol. The number of ether oxygens (including phenoxy) is 1. The van der Waals surface area contributed by atoms with Gasteiger partial charge >= 0.3 is 0 Å². The zero-order chi connectivity index (χ0) is 13.2. The molecule has 2 aromatic carbocycles. The van der Waals surface area contributed by atoms with E-state index in [0.717, 1.165) is 33.5 Å². The fourth-order valence-corrected chi connectivity index (χ4v) is 2.11. The zero-order valence-electron chi connectivity index (χ0n) is 10.6. The summed E-state index contributed by atoms with van der Waals surface area (Å²) in [4.78, 5) is 4.47. The van der Waals surface area contributed by atoms with E-state index in [1.807, 2.05) is 48.7 Å². The summed E-state index contributed by atoms with van der Waals surface area (Å²) in [6, 6.07) is 15.7. The Balaban J connectivity index is 2.15. The number of aromatic nitrogens is 1. The SMILES string of the molecule is COc1ccc2ncc(-c3cccc(N)c3)cc2c1. The van der Waals surface area contributed by atoms with Crippen LogP contribution in [0, 0.1) is 0 Å². The monoisotopic (exact) mass is 250 g/mol. The van der Waals surface area contributed by atoms with E-state index in [-0.39, 0.29) is 0 Å². The number of nitrogen functional groups attached to an aromatic ring is 1. The van der Waals surface area contributed by atoms with E-state index in [4.69, 9.17) is 10.5 Å². The number of anilines is 1. The van der Waals surface area contributed by atoms with E-state index in [0.29, 0.717) is 0 Å². The van der Waals surface area contributed by atoms with Gasteiger partial charge in [0.2, 0.25) is 0 Å². The van der Waals surface area contributed by atoms with Crippen LogP contribution in [0.25, 0.3) is 22.0 Å². The highest BCUT2D eigenvalue weighted by Gasteiger charge is 2.02. The molecule has 19 heavy (non-hydrogen) atoms. The number of hydrogen-bond donors (Lipinski definition) is 1. The lowest BCUT2D eigenvalue weighted by Gasteiger charge is -2.06. The molecule has 0 bridgehead atoms. The Hall–Kier alpha value is -2.55. The van der Waals surface area contributed by atoms with Crippen LogP contribution < -0.4 is 10.5 Å². The van der Waals surface area contributed by atoms with Crippen LogP contribution in [0.4, 0.5) is 5.69 Å². The first-order valence-corrected chi connectivity index (χ1v) is 6.06. The van der Waals surface area contributed by atoms with E-state index in [1.54, 1.807) is 7.11 Å². The average molecular weight is 250 g/mol. The molecule has 3 aromatic rings. The van der Waals surface area contributed by atoms with Crippen molar-refractivity contribution in [2.24, 2.45) is 0 Å². The van der Waals surface area contributed by atoms with Gasteiger partial charge < -0.3 is 10.5 Å². The predicted octanol–water partition coefficient (Wildman–Crippen LogP) is 3.49. The molecule has 0 saturated carbocycles. The van der Waals surface area contributed by atoms with Crippen molar-refractivity contribution in [3.63, 3.8) is 0 Å². The Labute approximate surface area is 111 Å². The third-order valence-electron chi connectivity index (χ3n) is 3.11. The quantitative estimate of drug-likeness (QED) is 0.708. The Morgan fingerprint density at radius 3 is 2.68 bits per heavy atom.